The Kier molecular flexibility index (Phi) is 3.85. The molecule has 0 aromatic heterocycles. The van der Waals surface area contributed by atoms with Crippen LogP contribution in [0.2, 0.25) is 0 Å². The van der Waals surface area contributed by atoms with Gasteiger partial charge in [0.1, 0.15) is 0 Å². The van der Waals surface area contributed by atoms with Crippen molar-refractivity contribution < 1.29 is 4.79 Å². The first kappa shape index (κ1) is 11.8. The zero-order valence-electron chi connectivity index (χ0n) is 9.91. The van der Waals surface area contributed by atoms with Gasteiger partial charge in [0.05, 0.1) is 0 Å². The Bertz CT molecular complexity index is 386. The fourth-order valence-corrected chi connectivity index (χ4v) is 2.31. The quantitative estimate of drug-likeness (QED) is 0.751. The summed E-state index contributed by atoms with van der Waals surface area (Å²) in [5.41, 5.74) is 6.87. The predicted molar refractivity (Wildman–Crippen MR) is 70.1 cm³/mol. The van der Waals surface area contributed by atoms with Gasteiger partial charge in [-0.15, -0.1) is 0 Å². The molecule has 92 valence electrons. The third-order valence-electron chi connectivity index (χ3n) is 3.11. The average Bonchev–Trinajstić information content (AvgIpc) is 2.30. The van der Waals surface area contributed by atoms with Crippen molar-refractivity contribution in [3.05, 3.63) is 24.3 Å². The summed E-state index contributed by atoms with van der Waals surface area (Å²) in [6.07, 6.45) is 6.41. The molecule has 0 unspecified atom stereocenters. The summed E-state index contributed by atoms with van der Waals surface area (Å²) in [5, 5.41) is 6.08. The van der Waals surface area contributed by atoms with Crippen molar-refractivity contribution in [3.8, 4) is 0 Å². The largest absolute Gasteiger partial charge is 0.382 e. The van der Waals surface area contributed by atoms with Crippen molar-refractivity contribution in [2.24, 2.45) is 5.73 Å². The van der Waals surface area contributed by atoms with Gasteiger partial charge in [0.25, 0.3) is 0 Å². The van der Waals surface area contributed by atoms with Crippen LogP contribution >= 0.6 is 0 Å². The summed E-state index contributed by atoms with van der Waals surface area (Å²) in [6.45, 7) is 0. The predicted octanol–water partition coefficient (Wildman–Crippen LogP) is 2.92. The van der Waals surface area contributed by atoms with Crippen LogP contribution in [0.1, 0.15) is 32.1 Å². The molecule has 1 aromatic rings. The molecule has 0 radical (unpaired) electrons. The van der Waals surface area contributed by atoms with E-state index in [9.17, 15) is 4.79 Å². The van der Waals surface area contributed by atoms with E-state index in [4.69, 9.17) is 5.73 Å². The van der Waals surface area contributed by atoms with Gasteiger partial charge >= 0.3 is 6.03 Å². The highest BCUT2D eigenvalue weighted by molar-refractivity contribution is 5.88. The van der Waals surface area contributed by atoms with Crippen molar-refractivity contribution in [3.63, 3.8) is 0 Å². The Hall–Kier alpha value is -1.71. The zero-order valence-corrected chi connectivity index (χ0v) is 9.91. The van der Waals surface area contributed by atoms with Gasteiger partial charge < -0.3 is 16.4 Å². The number of urea groups is 1. The van der Waals surface area contributed by atoms with Crippen molar-refractivity contribution in [2.75, 3.05) is 10.6 Å². The molecule has 2 rings (SSSR count). The van der Waals surface area contributed by atoms with Crippen molar-refractivity contribution in [1.29, 1.82) is 0 Å². The number of carbonyl (C=O) groups excluding carboxylic acids is 1. The number of primary amides is 1. The maximum atomic E-state index is 10.8. The number of amides is 2. The summed E-state index contributed by atoms with van der Waals surface area (Å²) < 4.78 is 0. The van der Waals surface area contributed by atoms with E-state index in [1.54, 1.807) is 0 Å². The van der Waals surface area contributed by atoms with Gasteiger partial charge in [0.15, 0.2) is 0 Å². The molecule has 2 amide bonds. The van der Waals surface area contributed by atoms with E-state index >= 15 is 0 Å². The first-order chi connectivity index (χ1) is 8.24. The monoisotopic (exact) mass is 233 g/mol. The molecule has 1 aromatic carbocycles. The van der Waals surface area contributed by atoms with E-state index in [-0.39, 0.29) is 0 Å². The van der Waals surface area contributed by atoms with E-state index in [0.717, 1.165) is 11.4 Å². The van der Waals surface area contributed by atoms with Crippen molar-refractivity contribution in [2.45, 2.75) is 38.1 Å². The second-order valence-electron chi connectivity index (χ2n) is 4.55. The number of nitrogens with two attached hydrogens (primary N) is 1. The van der Waals surface area contributed by atoms with Gasteiger partial charge in [-0.3, -0.25) is 0 Å². The lowest BCUT2D eigenvalue weighted by Gasteiger charge is -2.24. The summed E-state index contributed by atoms with van der Waals surface area (Å²) in [7, 11) is 0. The second-order valence-corrected chi connectivity index (χ2v) is 4.55. The maximum absolute atomic E-state index is 10.8. The van der Waals surface area contributed by atoms with Crippen LogP contribution in [-0.2, 0) is 0 Å². The highest BCUT2D eigenvalue weighted by Crippen LogP contribution is 2.23. The smallest absolute Gasteiger partial charge is 0.316 e. The molecular weight excluding hydrogens is 214 g/mol. The van der Waals surface area contributed by atoms with E-state index in [1.807, 2.05) is 24.3 Å². The summed E-state index contributed by atoms with van der Waals surface area (Å²) in [5.74, 6) is 0. The SMILES string of the molecule is NC(=O)Nc1cccc(NC2CCCCC2)c1. The van der Waals surface area contributed by atoms with Crippen LogP contribution in [0.4, 0.5) is 16.2 Å². The third-order valence-corrected chi connectivity index (χ3v) is 3.11. The van der Waals surface area contributed by atoms with Gasteiger partial charge in [-0.05, 0) is 31.0 Å². The van der Waals surface area contributed by atoms with Crippen molar-refractivity contribution in [1.82, 2.24) is 0 Å². The Morgan fingerprint density at radius 1 is 1.18 bits per heavy atom. The van der Waals surface area contributed by atoms with Gasteiger partial charge in [0.2, 0.25) is 0 Å². The zero-order chi connectivity index (χ0) is 12.1. The van der Waals surface area contributed by atoms with Crippen LogP contribution < -0.4 is 16.4 Å². The van der Waals surface area contributed by atoms with E-state index in [1.165, 1.54) is 32.1 Å². The minimum absolute atomic E-state index is 0.528. The Morgan fingerprint density at radius 3 is 2.59 bits per heavy atom. The number of nitrogens with one attached hydrogen (secondary N) is 2. The summed E-state index contributed by atoms with van der Waals surface area (Å²) in [6, 6.07) is 7.71. The minimum Gasteiger partial charge on any atom is -0.382 e. The van der Waals surface area contributed by atoms with E-state index in [2.05, 4.69) is 10.6 Å². The van der Waals surface area contributed by atoms with Crippen LogP contribution in [0.25, 0.3) is 0 Å². The molecular formula is C13H19N3O. The van der Waals surface area contributed by atoms with E-state index < -0.39 is 6.03 Å². The van der Waals surface area contributed by atoms with Crippen LogP contribution in [0.3, 0.4) is 0 Å². The molecule has 1 fully saturated rings. The number of hydrogen-bond acceptors (Lipinski definition) is 2. The molecule has 1 saturated carbocycles. The number of carbonyl (C=O) groups is 1. The number of anilines is 2. The van der Waals surface area contributed by atoms with Gasteiger partial charge in [-0.2, -0.15) is 0 Å². The molecule has 4 N–H and O–H groups in total. The lowest BCUT2D eigenvalue weighted by Crippen LogP contribution is -2.22. The summed E-state index contributed by atoms with van der Waals surface area (Å²) in [4.78, 5) is 10.8. The topological polar surface area (TPSA) is 67.2 Å². The highest BCUT2D eigenvalue weighted by atomic mass is 16.2. The molecule has 0 heterocycles. The Balaban J connectivity index is 1.97. The standard InChI is InChI=1S/C13H19N3O/c14-13(17)16-12-8-4-7-11(9-12)15-10-5-2-1-3-6-10/h4,7-10,15H,1-3,5-6H2,(H3,14,16,17). The number of rotatable bonds is 3. The van der Waals surface area contributed by atoms with Crippen LogP contribution in [0.5, 0.6) is 0 Å². The normalized spacial score (nSPS) is 16.5. The average molecular weight is 233 g/mol. The molecule has 0 atom stereocenters. The first-order valence-corrected chi connectivity index (χ1v) is 6.17. The van der Waals surface area contributed by atoms with Crippen LogP contribution in [0.15, 0.2) is 24.3 Å². The number of hydrogen-bond donors (Lipinski definition) is 3. The lowest BCUT2D eigenvalue weighted by atomic mass is 9.95. The molecule has 1 aliphatic carbocycles. The van der Waals surface area contributed by atoms with Crippen molar-refractivity contribution >= 4 is 17.4 Å². The van der Waals surface area contributed by atoms with Gasteiger partial charge in [0, 0.05) is 17.4 Å². The fourth-order valence-electron chi connectivity index (χ4n) is 2.31. The highest BCUT2D eigenvalue weighted by Gasteiger charge is 2.12. The Labute approximate surface area is 102 Å². The minimum atomic E-state index is -0.528. The van der Waals surface area contributed by atoms with Gasteiger partial charge in [-0.1, -0.05) is 25.3 Å². The molecule has 1 aliphatic rings. The fraction of sp³-hybridized carbons (Fsp3) is 0.462. The Morgan fingerprint density at radius 2 is 1.88 bits per heavy atom. The first-order valence-electron chi connectivity index (χ1n) is 6.17. The lowest BCUT2D eigenvalue weighted by molar-refractivity contribution is 0.259. The maximum Gasteiger partial charge on any atom is 0.316 e. The molecule has 0 aliphatic heterocycles. The molecule has 0 saturated heterocycles. The summed E-state index contributed by atoms with van der Waals surface area (Å²) >= 11 is 0. The molecule has 17 heavy (non-hydrogen) atoms. The molecule has 0 spiro atoms. The van der Waals surface area contributed by atoms with E-state index in [0.29, 0.717) is 6.04 Å². The molecule has 4 nitrogen and oxygen atoms in total. The van der Waals surface area contributed by atoms with Gasteiger partial charge in [-0.25, -0.2) is 4.79 Å². The molecule has 0 bridgehead atoms. The number of benzene rings is 1. The van der Waals surface area contributed by atoms with Crippen LogP contribution in [0, 0.1) is 0 Å². The third kappa shape index (κ3) is 3.66. The van der Waals surface area contributed by atoms with Crippen LogP contribution in [-0.4, -0.2) is 12.1 Å². The second kappa shape index (κ2) is 5.57. The molecule has 4 heteroatoms.